The van der Waals surface area contributed by atoms with Crippen LogP contribution in [0, 0.1) is 0 Å². The highest BCUT2D eigenvalue weighted by Gasteiger charge is 2.16. The molecule has 0 saturated heterocycles. The lowest BCUT2D eigenvalue weighted by molar-refractivity contribution is 0.102. The molecule has 1 amide bonds. The van der Waals surface area contributed by atoms with E-state index in [4.69, 9.17) is 11.6 Å². The molecule has 164 valence electrons. The van der Waals surface area contributed by atoms with Crippen molar-refractivity contribution in [2.24, 2.45) is 5.10 Å². The zero-order valence-electron chi connectivity index (χ0n) is 17.2. The molecule has 3 aromatic carbocycles. The molecule has 1 heterocycles. The Morgan fingerprint density at radius 3 is 2.45 bits per heavy atom. The van der Waals surface area contributed by atoms with E-state index in [1.807, 2.05) is 66.7 Å². The molecular weight excluding hydrogens is 520 g/mol. The molecule has 1 aromatic heterocycles. The maximum atomic E-state index is 12.8. The van der Waals surface area contributed by atoms with Gasteiger partial charge in [0.05, 0.1) is 0 Å². The van der Waals surface area contributed by atoms with E-state index in [1.165, 1.54) is 11.3 Å². The zero-order chi connectivity index (χ0) is 23.0. The molecule has 4 rings (SSSR count). The minimum atomic E-state index is -0.220. The van der Waals surface area contributed by atoms with Gasteiger partial charge in [-0.1, -0.05) is 87.4 Å². The van der Waals surface area contributed by atoms with Crippen molar-refractivity contribution in [2.75, 3.05) is 10.7 Å². The molecule has 0 fully saturated rings. The monoisotopic (exact) mass is 536 g/mol. The van der Waals surface area contributed by atoms with Crippen LogP contribution in [-0.4, -0.2) is 17.1 Å². The summed E-state index contributed by atoms with van der Waals surface area (Å²) in [5.41, 5.74) is 6.04. The van der Waals surface area contributed by atoms with Crippen LogP contribution in [0.2, 0.25) is 5.02 Å². The first-order chi connectivity index (χ1) is 16.1. The molecule has 0 spiro atoms. The number of carbonyl (C=O) groups is 1. The summed E-state index contributed by atoms with van der Waals surface area (Å²) < 4.78 is 0.907. The van der Waals surface area contributed by atoms with Crippen molar-refractivity contribution in [2.45, 2.75) is 0 Å². The second kappa shape index (κ2) is 11.0. The zero-order valence-corrected chi connectivity index (χ0v) is 20.4. The Hall–Kier alpha value is -3.26. The van der Waals surface area contributed by atoms with Gasteiger partial charge in [-0.25, -0.2) is 4.98 Å². The van der Waals surface area contributed by atoms with Crippen molar-refractivity contribution in [1.82, 2.24) is 4.98 Å². The molecular formula is C25H18BrClN4OS. The van der Waals surface area contributed by atoms with Gasteiger partial charge in [0, 0.05) is 26.8 Å². The second-order valence-electron chi connectivity index (χ2n) is 6.82. The lowest BCUT2D eigenvalue weighted by Gasteiger charge is -2.06. The van der Waals surface area contributed by atoms with Gasteiger partial charge >= 0.3 is 0 Å². The fraction of sp³-hybridized carbons (Fsp3) is 0. The Morgan fingerprint density at radius 2 is 1.73 bits per heavy atom. The van der Waals surface area contributed by atoms with Gasteiger partial charge in [-0.15, -0.1) is 0 Å². The van der Waals surface area contributed by atoms with Crippen LogP contribution in [0.4, 0.5) is 10.1 Å². The van der Waals surface area contributed by atoms with Crippen LogP contribution in [0.25, 0.3) is 17.3 Å². The molecule has 0 saturated carbocycles. The van der Waals surface area contributed by atoms with Crippen LogP contribution in [0.15, 0.2) is 94.5 Å². The number of rotatable bonds is 7. The maximum absolute atomic E-state index is 12.8. The molecule has 0 aliphatic rings. The van der Waals surface area contributed by atoms with Crippen LogP contribution in [0.3, 0.4) is 0 Å². The summed E-state index contributed by atoms with van der Waals surface area (Å²) in [5, 5.41) is 8.97. The van der Waals surface area contributed by atoms with Gasteiger partial charge in [-0.3, -0.25) is 10.2 Å². The Kier molecular flexibility index (Phi) is 7.67. The number of nitrogens with one attached hydrogen (secondary N) is 2. The molecule has 0 aliphatic heterocycles. The number of amides is 1. The number of allylic oxidation sites excluding steroid dienone is 1. The predicted molar refractivity (Wildman–Crippen MR) is 142 cm³/mol. The summed E-state index contributed by atoms with van der Waals surface area (Å²) in [6, 6.07) is 24.4. The maximum Gasteiger partial charge on any atom is 0.256 e. The third kappa shape index (κ3) is 6.38. The van der Waals surface area contributed by atoms with Crippen molar-refractivity contribution in [1.29, 1.82) is 0 Å². The number of thiazole rings is 1. The summed E-state index contributed by atoms with van der Waals surface area (Å²) in [6.07, 6.45) is 5.44. The highest BCUT2D eigenvalue weighted by molar-refractivity contribution is 9.10. The lowest BCUT2D eigenvalue weighted by Crippen LogP contribution is -2.11. The first kappa shape index (κ1) is 22.9. The molecule has 4 aromatic rings. The first-order valence-electron chi connectivity index (χ1n) is 9.93. The fourth-order valence-electron chi connectivity index (χ4n) is 2.89. The number of nitrogens with zero attached hydrogens (tertiary/aromatic N) is 2. The van der Waals surface area contributed by atoms with Crippen molar-refractivity contribution in [3.8, 4) is 11.3 Å². The number of benzene rings is 3. The van der Waals surface area contributed by atoms with Gasteiger partial charge in [-0.2, -0.15) is 5.10 Å². The van der Waals surface area contributed by atoms with Crippen molar-refractivity contribution >= 4 is 67.2 Å². The average Bonchev–Trinajstić information content (AvgIpc) is 3.22. The molecule has 2 N–H and O–H groups in total. The molecule has 0 unspecified atom stereocenters. The lowest BCUT2D eigenvalue weighted by atomic mass is 10.1. The van der Waals surface area contributed by atoms with Crippen LogP contribution in [0.1, 0.15) is 15.9 Å². The Labute approximate surface area is 209 Å². The van der Waals surface area contributed by atoms with E-state index >= 15 is 0 Å². The highest BCUT2D eigenvalue weighted by atomic mass is 79.9. The Balaban J connectivity index is 1.53. The standard InChI is InChI=1S/C25H18BrClN4OS/c26-20-12-8-19(9-13-20)23(32)30-24-22(18-10-14-21(27)15-11-18)29-25(33-24)31-28-16-4-7-17-5-2-1-3-6-17/h1-16H,(H,29,31)(H,30,32)/b7-4+,28-16-. The first-order valence-corrected chi connectivity index (χ1v) is 11.9. The minimum Gasteiger partial charge on any atom is -0.312 e. The van der Waals surface area contributed by atoms with Crippen LogP contribution in [-0.2, 0) is 0 Å². The minimum absolute atomic E-state index is 0.220. The van der Waals surface area contributed by atoms with E-state index < -0.39 is 0 Å². The van der Waals surface area contributed by atoms with Crippen molar-refractivity contribution < 1.29 is 4.79 Å². The summed E-state index contributed by atoms with van der Waals surface area (Å²) in [6.45, 7) is 0. The smallest absolute Gasteiger partial charge is 0.256 e. The van der Waals surface area contributed by atoms with E-state index in [1.54, 1.807) is 30.5 Å². The van der Waals surface area contributed by atoms with E-state index in [9.17, 15) is 4.79 Å². The number of carbonyl (C=O) groups excluding carboxylic acids is 1. The number of aromatic nitrogens is 1. The third-order valence-electron chi connectivity index (χ3n) is 4.49. The van der Waals surface area contributed by atoms with Crippen molar-refractivity contribution in [3.63, 3.8) is 0 Å². The topological polar surface area (TPSA) is 66.4 Å². The third-order valence-corrected chi connectivity index (χ3v) is 6.14. The van der Waals surface area contributed by atoms with Gasteiger partial charge in [0.15, 0.2) is 0 Å². The molecule has 0 bridgehead atoms. The molecule has 8 heteroatoms. The normalized spacial score (nSPS) is 11.2. The van der Waals surface area contributed by atoms with Gasteiger partial charge in [0.25, 0.3) is 5.91 Å². The molecule has 0 atom stereocenters. The fourth-order valence-corrected chi connectivity index (χ4v) is 4.11. The van der Waals surface area contributed by atoms with Gasteiger partial charge in [-0.05, 0) is 48.0 Å². The SMILES string of the molecule is O=C(Nc1sc(N/N=C\C=C\c2ccccc2)nc1-c1ccc(Cl)cc1)c1ccc(Br)cc1. The van der Waals surface area contributed by atoms with Crippen LogP contribution in [0.5, 0.6) is 0 Å². The summed E-state index contributed by atoms with van der Waals surface area (Å²) in [7, 11) is 0. The summed E-state index contributed by atoms with van der Waals surface area (Å²) in [4.78, 5) is 17.4. The van der Waals surface area contributed by atoms with Gasteiger partial charge < -0.3 is 5.32 Å². The van der Waals surface area contributed by atoms with Gasteiger partial charge in [0.2, 0.25) is 5.13 Å². The number of hydrogen-bond acceptors (Lipinski definition) is 5. The Morgan fingerprint density at radius 1 is 1.00 bits per heavy atom. The Bertz CT molecular complexity index is 1290. The molecule has 0 radical (unpaired) electrons. The number of hydrogen-bond donors (Lipinski definition) is 2. The molecule has 5 nitrogen and oxygen atoms in total. The summed E-state index contributed by atoms with van der Waals surface area (Å²) in [5.74, 6) is -0.220. The number of halogens is 2. The van der Waals surface area contributed by atoms with Gasteiger partial charge in [0.1, 0.15) is 10.7 Å². The summed E-state index contributed by atoms with van der Waals surface area (Å²) >= 11 is 10.7. The predicted octanol–water partition coefficient (Wildman–Crippen LogP) is 7.59. The largest absolute Gasteiger partial charge is 0.312 e. The van der Waals surface area contributed by atoms with Crippen LogP contribution >= 0.6 is 38.9 Å². The quantitative estimate of drug-likeness (QED) is 0.188. The number of anilines is 2. The van der Waals surface area contributed by atoms with E-state index in [2.05, 4.69) is 36.8 Å². The average molecular weight is 538 g/mol. The number of hydrazone groups is 1. The molecule has 0 aliphatic carbocycles. The van der Waals surface area contributed by atoms with Crippen molar-refractivity contribution in [3.05, 3.63) is 106 Å². The van der Waals surface area contributed by atoms with E-state index in [-0.39, 0.29) is 5.91 Å². The van der Waals surface area contributed by atoms with E-state index in [0.29, 0.717) is 26.4 Å². The van der Waals surface area contributed by atoms with E-state index in [0.717, 1.165) is 15.6 Å². The highest BCUT2D eigenvalue weighted by Crippen LogP contribution is 2.36. The second-order valence-corrected chi connectivity index (χ2v) is 9.18. The van der Waals surface area contributed by atoms with Crippen LogP contribution < -0.4 is 10.7 Å². The molecule has 33 heavy (non-hydrogen) atoms.